The van der Waals surface area contributed by atoms with Crippen molar-refractivity contribution in [3.63, 3.8) is 0 Å². The maximum Gasteiger partial charge on any atom is 0.191 e. The number of piperidine rings is 1. The van der Waals surface area contributed by atoms with Crippen LogP contribution in [-0.2, 0) is 4.74 Å². The molecule has 5 nitrogen and oxygen atoms in total. The molecule has 2 bridgehead atoms. The number of hydrogen-bond donors (Lipinski definition) is 2. The molecule has 5 unspecified atom stereocenters. The van der Waals surface area contributed by atoms with Crippen molar-refractivity contribution in [1.29, 1.82) is 0 Å². The first-order valence-electron chi connectivity index (χ1n) is 9.49. The molecule has 0 aromatic heterocycles. The van der Waals surface area contributed by atoms with Crippen molar-refractivity contribution < 1.29 is 4.74 Å². The second-order valence-corrected chi connectivity index (χ2v) is 7.92. The molecule has 0 aromatic carbocycles. The highest BCUT2D eigenvalue weighted by Crippen LogP contribution is 2.34. The molecule has 5 heteroatoms. The first kappa shape index (κ1) is 17.0. The Morgan fingerprint density at radius 3 is 2.57 bits per heavy atom. The highest BCUT2D eigenvalue weighted by Gasteiger charge is 2.41. The summed E-state index contributed by atoms with van der Waals surface area (Å²) < 4.78 is 5.90. The van der Waals surface area contributed by atoms with E-state index in [2.05, 4.69) is 34.4 Å². The fourth-order valence-corrected chi connectivity index (χ4v) is 4.64. The van der Waals surface area contributed by atoms with Crippen LogP contribution in [0.5, 0.6) is 0 Å². The Bertz CT molecular complexity index is 404. The summed E-state index contributed by atoms with van der Waals surface area (Å²) in [7, 11) is 1.86. The van der Waals surface area contributed by atoms with E-state index < -0.39 is 0 Å². The Labute approximate surface area is 141 Å². The standard InChI is InChI=1S/C18H34N4O/c1-13-9-14(2)12-22(11-13)8-4-7-20-18(19-3)21-16-10-15-5-6-17(16)23-15/h13-17H,4-12H2,1-3H3,(H2,19,20,21). The third-order valence-corrected chi connectivity index (χ3v) is 5.54. The lowest BCUT2D eigenvalue weighted by atomic mass is 9.92. The molecular formula is C18H34N4O. The lowest BCUT2D eigenvalue weighted by molar-refractivity contribution is 0.0992. The highest BCUT2D eigenvalue weighted by atomic mass is 16.5. The number of guanidine groups is 1. The number of likely N-dealkylation sites (tertiary alicyclic amines) is 1. The molecule has 0 aromatic rings. The maximum absolute atomic E-state index is 5.90. The summed E-state index contributed by atoms with van der Waals surface area (Å²) >= 11 is 0. The van der Waals surface area contributed by atoms with Crippen LogP contribution in [0.2, 0.25) is 0 Å². The number of ether oxygens (including phenoxy) is 1. The molecule has 0 radical (unpaired) electrons. The Hall–Kier alpha value is -0.810. The van der Waals surface area contributed by atoms with Crippen LogP contribution in [-0.4, -0.2) is 62.3 Å². The van der Waals surface area contributed by atoms with Crippen LogP contribution < -0.4 is 10.6 Å². The van der Waals surface area contributed by atoms with Crippen LogP contribution in [0.4, 0.5) is 0 Å². The van der Waals surface area contributed by atoms with Crippen molar-refractivity contribution in [2.45, 2.75) is 64.2 Å². The largest absolute Gasteiger partial charge is 0.373 e. The predicted octanol–water partition coefficient (Wildman–Crippen LogP) is 1.84. The Balaban J connectivity index is 1.33. The van der Waals surface area contributed by atoms with E-state index in [1.807, 2.05) is 7.05 Å². The second-order valence-electron chi connectivity index (χ2n) is 7.92. The zero-order valence-electron chi connectivity index (χ0n) is 15.1. The van der Waals surface area contributed by atoms with Crippen LogP contribution in [0.3, 0.4) is 0 Å². The van der Waals surface area contributed by atoms with Gasteiger partial charge >= 0.3 is 0 Å². The first-order chi connectivity index (χ1) is 11.1. The third kappa shape index (κ3) is 4.60. The van der Waals surface area contributed by atoms with Gasteiger partial charge in [-0.3, -0.25) is 4.99 Å². The predicted molar refractivity (Wildman–Crippen MR) is 94.8 cm³/mol. The number of nitrogens with one attached hydrogen (secondary N) is 2. The van der Waals surface area contributed by atoms with Crippen molar-refractivity contribution in [3.05, 3.63) is 0 Å². The normalized spacial score (nSPS) is 38.0. The summed E-state index contributed by atoms with van der Waals surface area (Å²) in [4.78, 5) is 6.99. The molecule has 3 heterocycles. The molecule has 0 aliphatic carbocycles. The van der Waals surface area contributed by atoms with Gasteiger partial charge in [-0.25, -0.2) is 0 Å². The number of hydrogen-bond acceptors (Lipinski definition) is 3. The van der Waals surface area contributed by atoms with Crippen LogP contribution >= 0.6 is 0 Å². The molecular weight excluding hydrogens is 288 g/mol. The molecule has 0 amide bonds. The summed E-state index contributed by atoms with van der Waals surface area (Å²) in [5, 5.41) is 7.02. The summed E-state index contributed by atoms with van der Waals surface area (Å²) in [5.74, 6) is 2.63. The van der Waals surface area contributed by atoms with Crippen LogP contribution in [0.1, 0.15) is 46.0 Å². The Morgan fingerprint density at radius 1 is 1.17 bits per heavy atom. The van der Waals surface area contributed by atoms with Crippen LogP contribution in [0.15, 0.2) is 4.99 Å². The van der Waals surface area contributed by atoms with Crippen molar-refractivity contribution in [2.24, 2.45) is 16.8 Å². The lowest BCUT2D eigenvalue weighted by Gasteiger charge is -2.35. The maximum atomic E-state index is 5.90. The molecule has 3 saturated heterocycles. The highest BCUT2D eigenvalue weighted by molar-refractivity contribution is 5.80. The minimum absolute atomic E-state index is 0.398. The van der Waals surface area contributed by atoms with E-state index >= 15 is 0 Å². The summed E-state index contributed by atoms with van der Waals surface area (Å²) in [5.41, 5.74) is 0. The average Bonchev–Trinajstić information content (AvgIpc) is 3.12. The van der Waals surface area contributed by atoms with E-state index in [4.69, 9.17) is 4.74 Å². The van der Waals surface area contributed by atoms with Gasteiger partial charge in [-0.1, -0.05) is 13.8 Å². The Morgan fingerprint density at radius 2 is 1.96 bits per heavy atom. The van der Waals surface area contributed by atoms with Gasteiger partial charge in [0, 0.05) is 26.7 Å². The fourth-order valence-electron chi connectivity index (χ4n) is 4.64. The summed E-state index contributed by atoms with van der Waals surface area (Å²) in [6.45, 7) is 9.46. The van der Waals surface area contributed by atoms with Gasteiger partial charge < -0.3 is 20.3 Å². The zero-order chi connectivity index (χ0) is 16.2. The van der Waals surface area contributed by atoms with E-state index in [0.29, 0.717) is 18.2 Å². The molecule has 23 heavy (non-hydrogen) atoms. The molecule has 132 valence electrons. The molecule has 3 fully saturated rings. The SMILES string of the molecule is CN=C(NCCCN1CC(C)CC(C)C1)NC1CC2CCC1O2. The van der Waals surface area contributed by atoms with Gasteiger partial charge in [0.15, 0.2) is 5.96 Å². The van der Waals surface area contributed by atoms with Gasteiger partial charge in [-0.15, -0.1) is 0 Å². The van der Waals surface area contributed by atoms with E-state index in [1.54, 1.807) is 0 Å². The van der Waals surface area contributed by atoms with Gasteiger partial charge in [0.25, 0.3) is 0 Å². The van der Waals surface area contributed by atoms with E-state index in [0.717, 1.165) is 30.8 Å². The number of fused-ring (bicyclic) bond motifs is 2. The molecule has 2 N–H and O–H groups in total. The molecule has 0 saturated carbocycles. The van der Waals surface area contributed by atoms with Crippen molar-refractivity contribution >= 4 is 5.96 Å². The first-order valence-corrected chi connectivity index (χ1v) is 9.49. The van der Waals surface area contributed by atoms with Crippen molar-refractivity contribution in [3.8, 4) is 0 Å². The van der Waals surface area contributed by atoms with Crippen molar-refractivity contribution in [2.75, 3.05) is 33.2 Å². The second kappa shape index (κ2) is 7.84. The fraction of sp³-hybridized carbons (Fsp3) is 0.944. The zero-order valence-corrected chi connectivity index (χ0v) is 15.1. The number of aliphatic imine (C=N–C) groups is 1. The summed E-state index contributed by atoms with van der Waals surface area (Å²) in [6, 6.07) is 0.448. The minimum atomic E-state index is 0.398. The molecule has 0 spiro atoms. The van der Waals surface area contributed by atoms with E-state index in [9.17, 15) is 0 Å². The Kier molecular flexibility index (Phi) is 5.81. The van der Waals surface area contributed by atoms with Gasteiger partial charge in [-0.05, 0) is 50.5 Å². The van der Waals surface area contributed by atoms with Gasteiger partial charge in [0.1, 0.15) is 0 Å². The molecule has 5 atom stereocenters. The quantitative estimate of drug-likeness (QED) is 0.461. The van der Waals surface area contributed by atoms with Gasteiger partial charge in [0.05, 0.1) is 18.2 Å². The molecule has 3 aliphatic heterocycles. The molecule has 3 aliphatic rings. The van der Waals surface area contributed by atoms with Crippen molar-refractivity contribution in [1.82, 2.24) is 15.5 Å². The van der Waals surface area contributed by atoms with Gasteiger partial charge in [-0.2, -0.15) is 0 Å². The lowest BCUT2D eigenvalue weighted by Crippen LogP contribution is -2.48. The number of nitrogens with zero attached hydrogens (tertiary/aromatic N) is 2. The van der Waals surface area contributed by atoms with Crippen LogP contribution in [0, 0.1) is 11.8 Å². The average molecular weight is 322 g/mol. The van der Waals surface area contributed by atoms with Gasteiger partial charge in [0.2, 0.25) is 0 Å². The van der Waals surface area contributed by atoms with E-state index in [1.165, 1.54) is 45.3 Å². The summed E-state index contributed by atoms with van der Waals surface area (Å²) in [6.07, 6.45) is 7.01. The van der Waals surface area contributed by atoms with E-state index in [-0.39, 0.29) is 0 Å². The van der Waals surface area contributed by atoms with Crippen LogP contribution in [0.25, 0.3) is 0 Å². The number of rotatable bonds is 5. The topological polar surface area (TPSA) is 48.9 Å². The smallest absolute Gasteiger partial charge is 0.191 e. The molecule has 3 rings (SSSR count). The minimum Gasteiger partial charge on any atom is -0.373 e. The monoisotopic (exact) mass is 322 g/mol. The third-order valence-electron chi connectivity index (χ3n) is 5.54.